The molecule has 0 aliphatic heterocycles. The first-order chi connectivity index (χ1) is 17.0. The Hall–Kier alpha value is -4.43. The van der Waals surface area contributed by atoms with Crippen molar-refractivity contribution >= 4 is 33.3 Å². The maximum Gasteiger partial charge on any atom is 0.349 e. The number of rotatable bonds is 6. The second kappa shape index (κ2) is 9.44. The largest absolute Gasteiger partial charge is 0.497 e. The number of ether oxygens (including phenoxy) is 2. The molecule has 0 bridgehead atoms. The van der Waals surface area contributed by atoms with Crippen LogP contribution in [0.25, 0.3) is 22.2 Å². The van der Waals surface area contributed by atoms with E-state index in [-0.39, 0.29) is 5.56 Å². The highest BCUT2D eigenvalue weighted by atomic mass is 32.1. The quantitative estimate of drug-likeness (QED) is 0.285. The lowest BCUT2D eigenvalue weighted by Gasteiger charge is -2.06. The zero-order chi connectivity index (χ0) is 24.4. The van der Waals surface area contributed by atoms with Crippen LogP contribution in [0.3, 0.4) is 0 Å². The van der Waals surface area contributed by atoms with Gasteiger partial charge in [0, 0.05) is 15.8 Å². The van der Waals surface area contributed by atoms with Gasteiger partial charge in [-0.05, 0) is 67.6 Å². The van der Waals surface area contributed by atoms with Crippen molar-refractivity contribution in [3.63, 3.8) is 0 Å². The number of methoxy groups -OCH3 is 1. The first-order valence-electron chi connectivity index (χ1n) is 10.7. The number of thiazole rings is 1. The molecule has 5 aromatic rings. The van der Waals surface area contributed by atoms with E-state index in [0.717, 1.165) is 21.9 Å². The summed E-state index contributed by atoms with van der Waals surface area (Å²) >= 11 is 1.33. The third kappa shape index (κ3) is 4.78. The fraction of sp³-hybridized carbons (Fsp3) is 0.0741. The van der Waals surface area contributed by atoms with Crippen LogP contribution < -0.4 is 20.4 Å². The Morgan fingerprint density at radius 3 is 2.40 bits per heavy atom. The number of para-hydroxylation sites is 1. The number of anilines is 1. The molecule has 3 aromatic carbocycles. The summed E-state index contributed by atoms with van der Waals surface area (Å²) < 4.78 is 16.4. The van der Waals surface area contributed by atoms with Gasteiger partial charge < -0.3 is 13.9 Å². The van der Waals surface area contributed by atoms with Crippen LogP contribution in [-0.2, 0) is 0 Å². The molecular weight excluding hydrogens is 464 g/mol. The number of nitrogens with one attached hydrogen (secondary N) is 1. The van der Waals surface area contributed by atoms with Gasteiger partial charge in [0.15, 0.2) is 5.13 Å². The van der Waals surface area contributed by atoms with E-state index in [2.05, 4.69) is 10.3 Å². The summed E-state index contributed by atoms with van der Waals surface area (Å²) in [6.45, 7) is 1.92. The first kappa shape index (κ1) is 22.4. The second-order valence-corrected chi connectivity index (χ2v) is 8.87. The molecule has 0 atom stereocenters. The molecule has 0 fully saturated rings. The topological polar surface area (TPSA) is 90.7 Å². The van der Waals surface area contributed by atoms with Crippen molar-refractivity contribution in [1.82, 2.24) is 4.98 Å². The minimum atomic E-state index is -0.720. The molecule has 2 aromatic heterocycles. The Balaban J connectivity index is 1.35. The summed E-state index contributed by atoms with van der Waals surface area (Å²) in [5, 5.41) is 3.69. The summed E-state index contributed by atoms with van der Waals surface area (Å²) in [7, 11) is 1.54. The fourth-order valence-corrected chi connectivity index (χ4v) is 4.41. The third-order valence-electron chi connectivity index (χ3n) is 5.31. The van der Waals surface area contributed by atoms with Crippen molar-refractivity contribution in [2.75, 3.05) is 12.4 Å². The molecule has 0 saturated heterocycles. The highest BCUT2D eigenvalue weighted by Crippen LogP contribution is 2.32. The Morgan fingerprint density at radius 1 is 0.943 bits per heavy atom. The standard InChI is InChI=1S/C27H20N2O5S/c1-16-24(17-8-10-20(11-9-17)33-19-6-4-3-5-7-19)28-27(35-16)29-25(30)22-15-18-14-21(32-2)12-13-23(18)34-26(22)31/h3-15H,1-2H3,(H,28,29,30). The highest BCUT2D eigenvalue weighted by Gasteiger charge is 2.18. The van der Waals surface area contributed by atoms with Gasteiger partial charge in [0.25, 0.3) is 5.91 Å². The van der Waals surface area contributed by atoms with E-state index in [1.807, 2.05) is 61.5 Å². The average Bonchev–Trinajstić information content (AvgIpc) is 3.24. The van der Waals surface area contributed by atoms with E-state index in [9.17, 15) is 9.59 Å². The maximum absolute atomic E-state index is 12.9. The van der Waals surface area contributed by atoms with E-state index in [1.165, 1.54) is 17.4 Å². The summed E-state index contributed by atoms with van der Waals surface area (Å²) in [6, 6.07) is 23.6. The number of benzene rings is 3. The predicted molar refractivity (Wildman–Crippen MR) is 136 cm³/mol. The van der Waals surface area contributed by atoms with Crippen LogP contribution in [0.15, 0.2) is 88.1 Å². The number of hydrogen-bond donors (Lipinski definition) is 1. The van der Waals surface area contributed by atoms with Crippen molar-refractivity contribution in [3.8, 4) is 28.5 Å². The van der Waals surface area contributed by atoms with Gasteiger partial charge in [0.05, 0.1) is 12.8 Å². The van der Waals surface area contributed by atoms with Crippen molar-refractivity contribution in [3.05, 3.63) is 99.7 Å². The van der Waals surface area contributed by atoms with Gasteiger partial charge in [-0.2, -0.15) is 0 Å². The number of hydrogen-bond acceptors (Lipinski definition) is 7. The van der Waals surface area contributed by atoms with Gasteiger partial charge in [-0.3, -0.25) is 10.1 Å². The Morgan fingerprint density at radius 2 is 1.66 bits per heavy atom. The Bertz CT molecular complexity index is 1570. The Kier molecular flexibility index (Phi) is 6.03. The van der Waals surface area contributed by atoms with E-state index in [0.29, 0.717) is 27.6 Å². The Labute approximate surface area is 204 Å². The van der Waals surface area contributed by atoms with E-state index in [4.69, 9.17) is 13.9 Å². The third-order valence-corrected chi connectivity index (χ3v) is 6.19. The molecule has 0 aliphatic carbocycles. The summed E-state index contributed by atoms with van der Waals surface area (Å²) in [6.07, 6.45) is 0. The van der Waals surface area contributed by atoms with Crippen LogP contribution >= 0.6 is 11.3 Å². The maximum atomic E-state index is 12.9. The van der Waals surface area contributed by atoms with Crippen LogP contribution in [-0.4, -0.2) is 18.0 Å². The number of carbonyl (C=O) groups is 1. The number of nitrogens with zero attached hydrogens (tertiary/aromatic N) is 1. The van der Waals surface area contributed by atoms with Crippen molar-refractivity contribution in [2.45, 2.75) is 6.92 Å². The van der Waals surface area contributed by atoms with Crippen LogP contribution in [0.1, 0.15) is 15.2 Å². The van der Waals surface area contributed by atoms with Crippen LogP contribution in [0.2, 0.25) is 0 Å². The molecule has 7 nitrogen and oxygen atoms in total. The molecule has 0 unspecified atom stereocenters. The SMILES string of the molecule is COc1ccc2oc(=O)c(C(=O)Nc3nc(-c4ccc(Oc5ccccc5)cc4)c(C)s3)cc2c1. The van der Waals surface area contributed by atoms with Gasteiger partial charge >= 0.3 is 5.63 Å². The molecular formula is C27H20N2O5S. The molecule has 8 heteroatoms. The number of amides is 1. The van der Waals surface area contributed by atoms with Crippen LogP contribution in [0, 0.1) is 6.92 Å². The molecule has 0 spiro atoms. The minimum Gasteiger partial charge on any atom is -0.497 e. The monoisotopic (exact) mass is 484 g/mol. The molecule has 0 aliphatic rings. The average molecular weight is 485 g/mol. The normalized spacial score (nSPS) is 10.8. The first-order valence-corrected chi connectivity index (χ1v) is 11.6. The van der Waals surface area contributed by atoms with Crippen LogP contribution in [0.5, 0.6) is 17.2 Å². The molecule has 1 amide bonds. The smallest absolute Gasteiger partial charge is 0.349 e. The van der Waals surface area contributed by atoms with E-state index >= 15 is 0 Å². The lowest BCUT2D eigenvalue weighted by atomic mass is 10.1. The molecule has 2 heterocycles. The van der Waals surface area contributed by atoms with Gasteiger partial charge in [0.1, 0.15) is 28.4 Å². The zero-order valence-corrected chi connectivity index (χ0v) is 19.7. The number of aromatic nitrogens is 1. The van der Waals surface area contributed by atoms with Gasteiger partial charge in [-0.15, -0.1) is 11.3 Å². The molecule has 1 N–H and O–H groups in total. The number of fused-ring (bicyclic) bond motifs is 1. The number of aryl methyl sites for hydroxylation is 1. The minimum absolute atomic E-state index is 0.109. The van der Waals surface area contributed by atoms with Crippen molar-refractivity contribution in [1.29, 1.82) is 0 Å². The van der Waals surface area contributed by atoms with Crippen molar-refractivity contribution in [2.24, 2.45) is 0 Å². The molecule has 5 rings (SSSR count). The summed E-state index contributed by atoms with van der Waals surface area (Å²) in [4.78, 5) is 30.7. The van der Waals surface area contributed by atoms with E-state index in [1.54, 1.807) is 25.3 Å². The lowest BCUT2D eigenvalue weighted by molar-refractivity contribution is 0.102. The zero-order valence-electron chi connectivity index (χ0n) is 18.9. The second-order valence-electron chi connectivity index (χ2n) is 7.67. The van der Waals surface area contributed by atoms with Gasteiger partial charge in [-0.1, -0.05) is 18.2 Å². The molecule has 35 heavy (non-hydrogen) atoms. The molecule has 174 valence electrons. The highest BCUT2D eigenvalue weighted by molar-refractivity contribution is 7.16. The van der Waals surface area contributed by atoms with Crippen molar-refractivity contribution < 1.29 is 18.7 Å². The van der Waals surface area contributed by atoms with E-state index < -0.39 is 11.5 Å². The number of carbonyl (C=O) groups excluding carboxylic acids is 1. The van der Waals surface area contributed by atoms with Gasteiger partial charge in [0.2, 0.25) is 0 Å². The predicted octanol–water partition coefficient (Wildman–Crippen LogP) is 6.28. The van der Waals surface area contributed by atoms with Gasteiger partial charge in [-0.25, -0.2) is 9.78 Å². The van der Waals surface area contributed by atoms with Crippen LogP contribution in [0.4, 0.5) is 5.13 Å². The molecule has 0 radical (unpaired) electrons. The summed E-state index contributed by atoms with van der Waals surface area (Å²) in [5.74, 6) is 1.47. The fourth-order valence-electron chi connectivity index (χ4n) is 3.57. The molecule has 0 saturated carbocycles. The summed E-state index contributed by atoms with van der Waals surface area (Å²) in [5.41, 5.74) is 1.17. The lowest BCUT2D eigenvalue weighted by Crippen LogP contribution is -2.20.